The number of aromatic nitrogens is 1. The molecule has 0 bridgehead atoms. The van der Waals surface area contributed by atoms with Crippen molar-refractivity contribution >= 4 is 17.1 Å². The van der Waals surface area contributed by atoms with E-state index in [0.717, 1.165) is 17.8 Å². The Bertz CT molecular complexity index is 267. The maximum Gasteiger partial charge on any atom is 0.182 e. The van der Waals surface area contributed by atoms with E-state index in [2.05, 4.69) is 11.9 Å². The fourth-order valence-corrected chi connectivity index (χ4v) is 1.57. The van der Waals surface area contributed by atoms with Gasteiger partial charge in [-0.3, -0.25) is 4.79 Å². The smallest absolute Gasteiger partial charge is 0.182 e. The number of aryl methyl sites for hydroxylation is 1. The number of Topliss-reactive ketones (excluding diaryl/α,β-unsaturated/α-hetero) is 1. The molecule has 0 spiro atoms. The minimum absolute atomic E-state index is 0.182. The Hall–Kier alpha value is -0.700. The summed E-state index contributed by atoms with van der Waals surface area (Å²) < 4.78 is 0. The third-order valence-electron chi connectivity index (χ3n) is 1.66. The van der Waals surface area contributed by atoms with Gasteiger partial charge in [0.15, 0.2) is 5.78 Å². The zero-order chi connectivity index (χ0) is 8.97. The summed E-state index contributed by atoms with van der Waals surface area (Å²) in [7, 11) is 0. The molecule has 66 valence electrons. The third-order valence-corrected chi connectivity index (χ3v) is 2.44. The predicted octanol–water partition coefficient (Wildman–Crippen LogP) is 2.82. The normalized spacial score (nSPS) is 10.2. The first-order valence-electron chi connectivity index (χ1n) is 4.19. The van der Waals surface area contributed by atoms with E-state index in [1.54, 1.807) is 0 Å². The Morgan fingerprint density at radius 1 is 1.67 bits per heavy atom. The number of thiazole rings is 1. The van der Waals surface area contributed by atoms with Crippen molar-refractivity contribution in [2.24, 2.45) is 0 Å². The highest BCUT2D eigenvalue weighted by Crippen LogP contribution is 2.11. The highest BCUT2D eigenvalue weighted by Gasteiger charge is 2.07. The molecule has 0 aliphatic heterocycles. The van der Waals surface area contributed by atoms with Gasteiger partial charge in [0, 0.05) is 11.8 Å². The van der Waals surface area contributed by atoms with Crippen LogP contribution in [-0.2, 0) is 0 Å². The average molecular weight is 183 g/mol. The van der Waals surface area contributed by atoms with Crippen LogP contribution < -0.4 is 0 Å². The van der Waals surface area contributed by atoms with Crippen molar-refractivity contribution in [3.8, 4) is 0 Å². The number of hydrogen-bond donors (Lipinski definition) is 0. The van der Waals surface area contributed by atoms with Crippen LogP contribution in [0.3, 0.4) is 0 Å². The van der Waals surface area contributed by atoms with Crippen LogP contribution in [0.4, 0.5) is 0 Å². The fraction of sp³-hybridized carbons (Fsp3) is 0.556. The minimum atomic E-state index is 0.182. The zero-order valence-corrected chi connectivity index (χ0v) is 8.28. The van der Waals surface area contributed by atoms with Crippen molar-refractivity contribution in [1.82, 2.24) is 4.98 Å². The van der Waals surface area contributed by atoms with Crippen molar-refractivity contribution in [1.29, 1.82) is 0 Å². The molecule has 0 saturated carbocycles. The van der Waals surface area contributed by atoms with Gasteiger partial charge >= 0.3 is 0 Å². The molecule has 0 radical (unpaired) electrons. The van der Waals surface area contributed by atoms with Crippen LogP contribution in [0, 0.1) is 6.92 Å². The molecule has 1 aromatic rings. The summed E-state index contributed by atoms with van der Waals surface area (Å²) in [5.41, 5.74) is 0.644. The van der Waals surface area contributed by atoms with E-state index in [9.17, 15) is 4.79 Å². The Morgan fingerprint density at radius 2 is 2.42 bits per heavy atom. The molecule has 12 heavy (non-hydrogen) atoms. The van der Waals surface area contributed by atoms with Gasteiger partial charge in [0.1, 0.15) is 5.69 Å². The molecule has 0 N–H and O–H groups in total. The number of nitrogens with zero attached hydrogens (tertiary/aromatic N) is 1. The van der Waals surface area contributed by atoms with Gasteiger partial charge in [-0.2, -0.15) is 0 Å². The van der Waals surface area contributed by atoms with Crippen LogP contribution in [0.2, 0.25) is 0 Å². The first-order chi connectivity index (χ1) is 5.74. The summed E-state index contributed by atoms with van der Waals surface area (Å²) in [4.78, 5) is 15.5. The SMILES string of the molecule is CCCCC(=O)c1csc(C)n1. The maximum atomic E-state index is 11.4. The van der Waals surface area contributed by atoms with Crippen LogP contribution in [-0.4, -0.2) is 10.8 Å². The lowest BCUT2D eigenvalue weighted by molar-refractivity contribution is 0.0975. The second kappa shape index (κ2) is 4.36. The van der Waals surface area contributed by atoms with Gasteiger partial charge in [0.2, 0.25) is 0 Å². The topological polar surface area (TPSA) is 30.0 Å². The van der Waals surface area contributed by atoms with E-state index in [4.69, 9.17) is 0 Å². The highest BCUT2D eigenvalue weighted by molar-refractivity contribution is 7.09. The van der Waals surface area contributed by atoms with E-state index in [0.29, 0.717) is 12.1 Å². The Labute approximate surface area is 76.6 Å². The number of carbonyl (C=O) groups is 1. The quantitative estimate of drug-likeness (QED) is 0.672. The molecule has 0 fully saturated rings. The van der Waals surface area contributed by atoms with Gasteiger partial charge in [-0.25, -0.2) is 4.98 Å². The first kappa shape index (κ1) is 9.39. The lowest BCUT2D eigenvalue weighted by Crippen LogP contribution is -1.98. The molecule has 3 heteroatoms. The van der Waals surface area contributed by atoms with Crippen LogP contribution in [0.15, 0.2) is 5.38 Å². The summed E-state index contributed by atoms with van der Waals surface area (Å²) in [6.07, 6.45) is 2.67. The summed E-state index contributed by atoms with van der Waals surface area (Å²) in [6.45, 7) is 4.00. The number of ketones is 1. The van der Waals surface area contributed by atoms with Crippen LogP contribution in [0.1, 0.15) is 41.7 Å². The van der Waals surface area contributed by atoms with Gasteiger partial charge in [0.25, 0.3) is 0 Å². The standard InChI is InChI=1S/C9H13NOS/c1-3-4-5-9(11)8-6-12-7(2)10-8/h6H,3-5H2,1-2H3. The first-order valence-corrected chi connectivity index (χ1v) is 5.07. The Balaban J connectivity index is 2.53. The third kappa shape index (κ3) is 2.41. The van der Waals surface area contributed by atoms with Gasteiger partial charge < -0.3 is 0 Å². The van der Waals surface area contributed by atoms with E-state index < -0.39 is 0 Å². The highest BCUT2D eigenvalue weighted by atomic mass is 32.1. The fourth-order valence-electron chi connectivity index (χ4n) is 0.957. The van der Waals surface area contributed by atoms with Crippen molar-refractivity contribution in [3.63, 3.8) is 0 Å². The lowest BCUT2D eigenvalue weighted by atomic mass is 10.1. The Kier molecular flexibility index (Phi) is 3.41. The molecule has 1 rings (SSSR count). The predicted molar refractivity (Wildman–Crippen MR) is 50.7 cm³/mol. The molecule has 1 aromatic heterocycles. The lowest BCUT2D eigenvalue weighted by Gasteiger charge is -1.93. The molecular formula is C9H13NOS. The monoisotopic (exact) mass is 183 g/mol. The molecular weight excluding hydrogens is 170 g/mol. The van der Waals surface area contributed by atoms with Gasteiger partial charge in [0.05, 0.1) is 5.01 Å². The van der Waals surface area contributed by atoms with E-state index in [1.807, 2.05) is 12.3 Å². The van der Waals surface area contributed by atoms with Crippen molar-refractivity contribution in [2.45, 2.75) is 33.1 Å². The molecule has 2 nitrogen and oxygen atoms in total. The summed E-state index contributed by atoms with van der Waals surface area (Å²) in [5.74, 6) is 0.182. The molecule has 0 unspecified atom stereocenters. The summed E-state index contributed by atoms with van der Waals surface area (Å²) in [6, 6.07) is 0. The number of rotatable bonds is 4. The minimum Gasteiger partial charge on any atom is -0.292 e. The second-order valence-electron chi connectivity index (χ2n) is 2.78. The number of carbonyl (C=O) groups excluding carboxylic acids is 1. The van der Waals surface area contributed by atoms with Crippen LogP contribution >= 0.6 is 11.3 Å². The number of hydrogen-bond acceptors (Lipinski definition) is 3. The molecule has 0 atom stereocenters. The second-order valence-corrected chi connectivity index (χ2v) is 3.84. The van der Waals surface area contributed by atoms with Crippen molar-refractivity contribution < 1.29 is 4.79 Å². The van der Waals surface area contributed by atoms with Crippen molar-refractivity contribution in [2.75, 3.05) is 0 Å². The Morgan fingerprint density at radius 3 is 2.92 bits per heavy atom. The van der Waals surface area contributed by atoms with Gasteiger partial charge in [-0.15, -0.1) is 11.3 Å². The largest absolute Gasteiger partial charge is 0.292 e. The summed E-state index contributed by atoms with van der Waals surface area (Å²) in [5, 5.41) is 2.81. The van der Waals surface area contributed by atoms with Crippen LogP contribution in [0.25, 0.3) is 0 Å². The van der Waals surface area contributed by atoms with Crippen LogP contribution in [0.5, 0.6) is 0 Å². The summed E-state index contributed by atoms with van der Waals surface area (Å²) >= 11 is 1.53. The zero-order valence-electron chi connectivity index (χ0n) is 7.46. The van der Waals surface area contributed by atoms with Crippen molar-refractivity contribution in [3.05, 3.63) is 16.1 Å². The van der Waals surface area contributed by atoms with E-state index in [-0.39, 0.29) is 5.78 Å². The molecule has 0 aliphatic rings. The van der Waals surface area contributed by atoms with Gasteiger partial charge in [-0.1, -0.05) is 13.3 Å². The molecule has 0 aromatic carbocycles. The van der Waals surface area contributed by atoms with E-state index >= 15 is 0 Å². The maximum absolute atomic E-state index is 11.4. The van der Waals surface area contributed by atoms with Gasteiger partial charge in [-0.05, 0) is 13.3 Å². The molecule has 0 amide bonds. The van der Waals surface area contributed by atoms with E-state index in [1.165, 1.54) is 11.3 Å². The molecule has 0 saturated heterocycles. The average Bonchev–Trinajstić information content (AvgIpc) is 2.47. The molecule has 1 heterocycles. The number of unbranched alkanes of at least 4 members (excludes halogenated alkanes) is 1. The molecule has 0 aliphatic carbocycles.